The number of hydrogen-bond donors (Lipinski definition) is 1. The number of amides is 1. The Labute approximate surface area is 168 Å². The molecule has 1 atom stereocenters. The highest BCUT2D eigenvalue weighted by atomic mass is 32.1. The van der Waals surface area contributed by atoms with Crippen molar-refractivity contribution in [1.29, 1.82) is 0 Å². The molecule has 0 bridgehead atoms. The van der Waals surface area contributed by atoms with Gasteiger partial charge in [-0.2, -0.15) is 0 Å². The number of aliphatic hydroxyl groups is 1. The van der Waals surface area contributed by atoms with Crippen LogP contribution in [0.15, 0.2) is 60.0 Å². The Morgan fingerprint density at radius 3 is 2.61 bits per heavy atom. The summed E-state index contributed by atoms with van der Waals surface area (Å²) >= 11 is 1.48. The van der Waals surface area contributed by atoms with E-state index in [1.165, 1.54) is 11.3 Å². The summed E-state index contributed by atoms with van der Waals surface area (Å²) in [5.41, 5.74) is 0. The van der Waals surface area contributed by atoms with Crippen molar-refractivity contribution < 1.29 is 14.6 Å². The summed E-state index contributed by atoms with van der Waals surface area (Å²) < 4.78 is 5.89. The van der Waals surface area contributed by atoms with Crippen LogP contribution < -0.4 is 4.74 Å². The SMILES string of the molecule is O=C(c1cccs1)N1CCN(CC(O)COc2cccc3ccccc23)CC1. The van der Waals surface area contributed by atoms with Gasteiger partial charge in [-0.15, -0.1) is 11.3 Å². The van der Waals surface area contributed by atoms with Crippen molar-refractivity contribution in [2.24, 2.45) is 0 Å². The molecule has 5 nitrogen and oxygen atoms in total. The van der Waals surface area contributed by atoms with Crippen molar-refractivity contribution >= 4 is 28.0 Å². The molecule has 1 aromatic heterocycles. The Hall–Kier alpha value is -2.41. The van der Waals surface area contributed by atoms with E-state index >= 15 is 0 Å². The van der Waals surface area contributed by atoms with E-state index in [4.69, 9.17) is 4.74 Å². The molecule has 1 saturated heterocycles. The molecule has 0 spiro atoms. The Balaban J connectivity index is 1.26. The smallest absolute Gasteiger partial charge is 0.264 e. The van der Waals surface area contributed by atoms with Crippen LogP contribution in [0.5, 0.6) is 5.75 Å². The second kappa shape index (κ2) is 8.73. The summed E-state index contributed by atoms with van der Waals surface area (Å²) in [6, 6.07) is 17.8. The lowest BCUT2D eigenvalue weighted by Gasteiger charge is -2.35. The molecular formula is C22H24N2O3S. The highest BCUT2D eigenvalue weighted by Crippen LogP contribution is 2.25. The third kappa shape index (κ3) is 4.35. The minimum atomic E-state index is -0.571. The summed E-state index contributed by atoms with van der Waals surface area (Å²) in [5, 5.41) is 14.5. The number of rotatable bonds is 6. The molecule has 2 aromatic carbocycles. The number of aliphatic hydroxyl groups excluding tert-OH is 1. The summed E-state index contributed by atoms with van der Waals surface area (Å²) in [4.78, 5) is 17.3. The van der Waals surface area contributed by atoms with Crippen molar-refractivity contribution in [2.45, 2.75) is 6.10 Å². The third-order valence-electron chi connectivity index (χ3n) is 5.04. The van der Waals surface area contributed by atoms with Crippen LogP contribution in [0.25, 0.3) is 10.8 Å². The second-order valence-electron chi connectivity index (χ2n) is 7.01. The Kier molecular flexibility index (Phi) is 5.90. The predicted molar refractivity (Wildman–Crippen MR) is 112 cm³/mol. The number of thiophene rings is 1. The van der Waals surface area contributed by atoms with Gasteiger partial charge in [-0.05, 0) is 22.9 Å². The van der Waals surface area contributed by atoms with Crippen molar-refractivity contribution in [3.05, 3.63) is 64.9 Å². The number of ether oxygens (including phenoxy) is 1. The van der Waals surface area contributed by atoms with Crippen LogP contribution in [0.3, 0.4) is 0 Å². The fourth-order valence-electron chi connectivity index (χ4n) is 3.55. The van der Waals surface area contributed by atoms with Crippen molar-refractivity contribution in [1.82, 2.24) is 9.80 Å². The van der Waals surface area contributed by atoms with E-state index in [9.17, 15) is 9.90 Å². The first-order chi connectivity index (χ1) is 13.7. The lowest BCUT2D eigenvalue weighted by atomic mass is 10.1. The number of benzene rings is 2. The Morgan fingerprint density at radius 2 is 1.82 bits per heavy atom. The first-order valence-corrected chi connectivity index (χ1v) is 10.4. The van der Waals surface area contributed by atoms with Gasteiger partial charge >= 0.3 is 0 Å². The van der Waals surface area contributed by atoms with Crippen molar-refractivity contribution in [3.63, 3.8) is 0 Å². The number of fused-ring (bicyclic) bond motifs is 1. The van der Waals surface area contributed by atoms with E-state index < -0.39 is 6.10 Å². The fourth-order valence-corrected chi connectivity index (χ4v) is 4.24. The van der Waals surface area contributed by atoms with E-state index in [0.29, 0.717) is 19.6 Å². The van der Waals surface area contributed by atoms with E-state index in [1.807, 2.05) is 52.7 Å². The van der Waals surface area contributed by atoms with Gasteiger partial charge in [0, 0.05) is 38.1 Å². The lowest BCUT2D eigenvalue weighted by molar-refractivity contribution is 0.0408. The van der Waals surface area contributed by atoms with Crippen LogP contribution in [0, 0.1) is 0 Å². The maximum absolute atomic E-state index is 12.4. The average molecular weight is 397 g/mol. The van der Waals surface area contributed by atoms with Crippen molar-refractivity contribution in [3.8, 4) is 5.75 Å². The van der Waals surface area contributed by atoms with Gasteiger partial charge in [0.15, 0.2) is 0 Å². The molecule has 2 heterocycles. The van der Waals surface area contributed by atoms with Crippen LogP contribution in [0.2, 0.25) is 0 Å². The van der Waals surface area contributed by atoms with Crippen LogP contribution in [-0.4, -0.2) is 66.2 Å². The molecular weight excluding hydrogens is 372 g/mol. The molecule has 0 radical (unpaired) electrons. The number of carbonyl (C=O) groups is 1. The zero-order valence-electron chi connectivity index (χ0n) is 15.7. The fraction of sp³-hybridized carbons (Fsp3) is 0.318. The van der Waals surface area contributed by atoms with Gasteiger partial charge < -0.3 is 14.7 Å². The first-order valence-electron chi connectivity index (χ1n) is 9.54. The summed E-state index contributed by atoms with van der Waals surface area (Å²) in [6.07, 6.45) is -0.571. The number of nitrogens with zero attached hydrogens (tertiary/aromatic N) is 2. The molecule has 4 rings (SSSR count). The molecule has 1 fully saturated rings. The normalized spacial score (nSPS) is 16.2. The zero-order valence-corrected chi connectivity index (χ0v) is 16.5. The molecule has 6 heteroatoms. The maximum atomic E-state index is 12.4. The van der Waals surface area contributed by atoms with Gasteiger partial charge in [0.1, 0.15) is 18.5 Å². The van der Waals surface area contributed by atoms with Gasteiger partial charge in [0.05, 0.1) is 4.88 Å². The van der Waals surface area contributed by atoms with Crippen LogP contribution in [-0.2, 0) is 0 Å². The number of piperazine rings is 1. The lowest BCUT2D eigenvalue weighted by Crippen LogP contribution is -2.50. The van der Waals surface area contributed by atoms with Crippen LogP contribution >= 0.6 is 11.3 Å². The molecule has 146 valence electrons. The molecule has 1 N–H and O–H groups in total. The predicted octanol–water partition coefficient (Wildman–Crippen LogP) is 3.10. The largest absolute Gasteiger partial charge is 0.490 e. The van der Waals surface area contributed by atoms with Crippen LogP contribution in [0.4, 0.5) is 0 Å². The number of β-amino-alcohol motifs (C(OH)–C–C–N with tert-alkyl or cyclic N) is 1. The van der Waals surface area contributed by atoms with E-state index in [0.717, 1.165) is 34.5 Å². The topological polar surface area (TPSA) is 53.0 Å². The molecule has 1 unspecified atom stereocenters. The monoisotopic (exact) mass is 396 g/mol. The summed E-state index contributed by atoms with van der Waals surface area (Å²) in [5.74, 6) is 0.901. The van der Waals surface area contributed by atoms with Gasteiger partial charge in [0.2, 0.25) is 0 Å². The molecule has 3 aromatic rings. The molecule has 0 aliphatic carbocycles. The molecule has 0 saturated carbocycles. The molecule has 1 amide bonds. The Bertz CT molecular complexity index is 915. The second-order valence-corrected chi connectivity index (χ2v) is 7.96. The van der Waals surface area contributed by atoms with Gasteiger partial charge in [0.25, 0.3) is 5.91 Å². The van der Waals surface area contributed by atoms with Gasteiger partial charge in [-0.1, -0.05) is 42.5 Å². The Morgan fingerprint density at radius 1 is 1.04 bits per heavy atom. The minimum Gasteiger partial charge on any atom is -0.490 e. The molecule has 1 aliphatic rings. The minimum absolute atomic E-state index is 0.106. The summed E-state index contributed by atoms with van der Waals surface area (Å²) in [6.45, 7) is 3.71. The summed E-state index contributed by atoms with van der Waals surface area (Å²) in [7, 11) is 0. The number of hydrogen-bond acceptors (Lipinski definition) is 5. The third-order valence-corrected chi connectivity index (χ3v) is 5.90. The number of carbonyl (C=O) groups excluding carboxylic acids is 1. The zero-order chi connectivity index (χ0) is 19.3. The molecule has 1 aliphatic heterocycles. The van der Waals surface area contributed by atoms with Crippen LogP contribution in [0.1, 0.15) is 9.67 Å². The van der Waals surface area contributed by atoms with Gasteiger partial charge in [-0.3, -0.25) is 9.69 Å². The molecule has 28 heavy (non-hydrogen) atoms. The van der Waals surface area contributed by atoms with E-state index in [1.54, 1.807) is 0 Å². The van der Waals surface area contributed by atoms with E-state index in [-0.39, 0.29) is 12.5 Å². The standard InChI is InChI=1S/C22H24N2O3S/c25-18(16-27-20-8-3-6-17-5-1-2-7-19(17)20)15-23-10-12-24(13-11-23)22(26)21-9-4-14-28-21/h1-9,14,18,25H,10-13,15-16H2. The highest BCUT2D eigenvalue weighted by molar-refractivity contribution is 7.12. The maximum Gasteiger partial charge on any atom is 0.264 e. The van der Waals surface area contributed by atoms with E-state index in [2.05, 4.69) is 17.0 Å². The van der Waals surface area contributed by atoms with Gasteiger partial charge in [-0.25, -0.2) is 0 Å². The first kappa shape index (κ1) is 18.9. The van der Waals surface area contributed by atoms with Crippen molar-refractivity contribution in [2.75, 3.05) is 39.3 Å². The average Bonchev–Trinajstić information content (AvgIpc) is 3.27. The highest BCUT2D eigenvalue weighted by Gasteiger charge is 2.24. The quantitative estimate of drug-likeness (QED) is 0.696.